The minimum atomic E-state index is -0.268. The molecule has 0 saturated carbocycles. The second-order valence-corrected chi connectivity index (χ2v) is 8.01. The number of aromatic nitrogens is 1. The molecule has 27 heavy (non-hydrogen) atoms. The number of piperidine rings is 1. The van der Waals surface area contributed by atoms with Gasteiger partial charge in [-0.05, 0) is 81.9 Å². The van der Waals surface area contributed by atoms with Crippen molar-refractivity contribution in [1.29, 1.82) is 0 Å². The zero-order chi connectivity index (χ0) is 19.2. The van der Waals surface area contributed by atoms with Crippen molar-refractivity contribution < 1.29 is 9.90 Å². The lowest BCUT2D eigenvalue weighted by atomic mass is 9.89. The van der Waals surface area contributed by atoms with Crippen LogP contribution in [0.2, 0.25) is 0 Å². The fraction of sp³-hybridized carbons (Fsp3) is 0.591. The monoisotopic (exact) mass is 371 g/mol. The first-order valence-corrected chi connectivity index (χ1v) is 10.3. The number of aromatic hydroxyl groups is 1. The number of carbonyl (C=O) groups excluding carboxylic acids is 1. The van der Waals surface area contributed by atoms with E-state index in [2.05, 4.69) is 16.1 Å². The maximum atomic E-state index is 11.1. The van der Waals surface area contributed by atoms with Gasteiger partial charge in [0.1, 0.15) is 11.5 Å². The molecule has 1 aliphatic rings. The molecule has 3 rings (SSSR count). The largest absolute Gasteiger partial charge is 0.508 e. The smallest absolute Gasteiger partial charge is 0.146 e. The lowest BCUT2D eigenvalue weighted by Gasteiger charge is -2.32. The third-order valence-electron chi connectivity index (χ3n) is 5.99. The number of nitrogens with one attached hydrogen (secondary N) is 1. The number of ketones is 1. The number of nitrogens with zero attached hydrogens (tertiary/aromatic N) is 1. The maximum absolute atomic E-state index is 11.1. The molecule has 5 heteroatoms. The third-order valence-corrected chi connectivity index (χ3v) is 5.99. The van der Waals surface area contributed by atoms with Gasteiger partial charge in [0.2, 0.25) is 0 Å². The van der Waals surface area contributed by atoms with Gasteiger partial charge < -0.3 is 20.7 Å². The van der Waals surface area contributed by atoms with Crippen LogP contribution < -0.4 is 5.73 Å². The molecule has 1 aliphatic heterocycles. The van der Waals surface area contributed by atoms with Gasteiger partial charge in [0, 0.05) is 17.1 Å². The summed E-state index contributed by atoms with van der Waals surface area (Å²) in [4.78, 5) is 17.0. The van der Waals surface area contributed by atoms with Gasteiger partial charge in [-0.3, -0.25) is 4.79 Å². The van der Waals surface area contributed by atoms with Crippen molar-refractivity contribution in [2.24, 2.45) is 5.73 Å². The summed E-state index contributed by atoms with van der Waals surface area (Å²) < 4.78 is 0. The quantitative estimate of drug-likeness (QED) is 0.584. The number of likely N-dealkylation sites (tertiary alicyclic amines) is 1. The second-order valence-electron chi connectivity index (χ2n) is 8.01. The van der Waals surface area contributed by atoms with Crippen LogP contribution in [-0.2, 0) is 4.79 Å². The van der Waals surface area contributed by atoms with Crippen LogP contribution >= 0.6 is 0 Å². The number of nitrogens with two attached hydrogens (primary N) is 1. The number of hydrogen-bond donors (Lipinski definition) is 3. The van der Waals surface area contributed by atoms with Crippen LogP contribution in [-0.4, -0.2) is 46.4 Å². The van der Waals surface area contributed by atoms with Gasteiger partial charge in [0.25, 0.3) is 0 Å². The Morgan fingerprint density at radius 1 is 1.26 bits per heavy atom. The molecule has 2 heterocycles. The van der Waals surface area contributed by atoms with Crippen LogP contribution in [0.5, 0.6) is 5.75 Å². The van der Waals surface area contributed by atoms with E-state index in [-0.39, 0.29) is 11.8 Å². The summed E-state index contributed by atoms with van der Waals surface area (Å²) in [5.74, 6) is 1.01. The summed E-state index contributed by atoms with van der Waals surface area (Å²) in [5, 5.41) is 10.9. The summed E-state index contributed by atoms with van der Waals surface area (Å²) in [6.45, 7) is 5.03. The Kier molecular flexibility index (Phi) is 6.91. The van der Waals surface area contributed by atoms with Crippen LogP contribution in [0.15, 0.2) is 24.4 Å². The molecule has 4 N–H and O–H groups in total. The number of phenolic OH excluding ortho intramolecular Hbond substituents is 1. The molecule has 2 aromatic rings. The van der Waals surface area contributed by atoms with Gasteiger partial charge >= 0.3 is 0 Å². The van der Waals surface area contributed by atoms with Crippen molar-refractivity contribution in [3.05, 3.63) is 30.0 Å². The molecule has 5 nitrogen and oxygen atoms in total. The first-order valence-electron chi connectivity index (χ1n) is 10.3. The minimum absolute atomic E-state index is 0.100. The first-order chi connectivity index (χ1) is 13.0. The number of fused-ring (bicyclic) bond motifs is 1. The fourth-order valence-corrected chi connectivity index (χ4v) is 4.19. The summed E-state index contributed by atoms with van der Waals surface area (Å²) in [7, 11) is 0. The highest BCUT2D eigenvalue weighted by Gasteiger charge is 2.22. The van der Waals surface area contributed by atoms with E-state index in [1.165, 1.54) is 37.8 Å². The molecule has 1 aromatic carbocycles. The average Bonchev–Trinajstić information content (AvgIpc) is 3.07. The van der Waals surface area contributed by atoms with Crippen LogP contribution in [0.4, 0.5) is 0 Å². The topological polar surface area (TPSA) is 82.4 Å². The lowest BCUT2D eigenvalue weighted by molar-refractivity contribution is -0.118. The molecule has 0 spiro atoms. The highest BCUT2D eigenvalue weighted by Crippen LogP contribution is 2.34. The van der Waals surface area contributed by atoms with E-state index in [1.807, 2.05) is 12.1 Å². The molecule has 0 aliphatic carbocycles. The van der Waals surface area contributed by atoms with E-state index < -0.39 is 0 Å². The Balaban J connectivity index is 1.37. The highest BCUT2D eigenvalue weighted by molar-refractivity contribution is 5.85. The van der Waals surface area contributed by atoms with E-state index in [1.54, 1.807) is 13.0 Å². The molecule has 0 amide bonds. The van der Waals surface area contributed by atoms with Crippen molar-refractivity contribution in [1.82, 2.24) is 9.88 Å². The number of Topliss-reactive ketones (excluding diaryl/α,β-unsaturated/α-hetero) is 1. The van der Waals surface area contributed by atoms with Crippen molar-refractivity contribution in [2.45, 2.75) is 63.8 Å². The molecule has 0 bridgehead atoms. The number of hydrogen-bond acceptors (Lipinski definition) is 4. The van der Waals surface area contributed by atoms with Gasteiger partial charge in [0.15, 0.2) is 0 Å². The third kappa shape index (κ3) is 5.33. The van der Waals surface area contributed by atoms with E-state index in [0.29, 0.717) is 11.7 Å². The average molecular weight is 372 g/mol. The van der Waals surface area contributed by atoms with Crippen LogP contribution in [0.25, 0.3) is 10.9 Å². The van der Waals surface area contributed by atoms with Gasteiger partial charge in [-0.25, -0.2) is 0 Å². The van der Waals surface area contributed by atoms with E-state index >= 15 is 0 Å². The van der Waals surface area contributed by atoms with Crippen molar-refractivity contribution in [2.75, 3.05) is 19.6 Å². The predicted molar refractivity (Wildman–Crippen MR) is 110 cm³/mol. The van der Waals surface area contributed by atoms with Crippen molar-refractivity contribution in [3.63, 3.8) is 0 Å². The molecule has 148 valence electrons. The molecule has 1 atom stereocenters. The van der Waals surface area contributed by atoms with Crippen LogP contribution in [0.3, 0.4) is 0 Å². The van der Waals surface area contributed by atoms with Crippen LogP contribution in [0, 0.1) is 0 Å². The molecular weight excluding hydrogens is 338 g/mol. The van der Waals surface area contributed by atoms with Gasteiger partial charge in [-0.2, -0.15) is 0 Å². The van der Waals surface area contributed by atoms with Gasteiger partial charge in [0.05, 0.1) is 6.04 Å². The van der Waals surface area contributed by atoms with E-state index in [0.717, 1.165) is 43.3 Å². The van der Waals surface area contributed by atoms with E-state index in [4.69, 9.17) is 5.73 Å². The van der Waals surface area contributed by atoms with Gasteiger partial charge in [-0.15, -0.1) is 0 Å². The fourth-order valence-electron chi connectivity index (χ4n) is 4.19. The summed E-state index contributed by atoms with van der Waals surface area (Å²) in [6.07, 6.45) is 9.95. The number of H-pyrrole nitrogens is 1. The normalized spacial score (nSPS) is 17.4. The molecule has 1 fully saturated rings. The SMILES string of the molecule is CC(=O)C(N)CCCCCCN1CCC(c2c[nH]c3ccc(O)cc23)CC1. The summed E-state index contributed by atoms with van der Waals surface area (Å²) >= 11 is 0. The Hall–Kier alpha value is -1.85. The van der Waals surface area contributed by atoms with Gasteiger partial charge in [-0.1, -0.05) is 19.3 Å². The highest BCUT2D eigenvalue weighted by atomic mass is 16.3. The first kappa shape index (κ1) is 19.9. The van der Waals surface area contributed by atoms with E-state index in [9.17, 15) is 9.90 Å². The number of rotatable bonds is 9. The van der Waals surface area contributed by atoms with Crippen LogP contribution in [0.1, 0.15) is 63.4 Å². The second kappa shape index (κ2) is 9.38. The zero-order valence-electron chi connectivity index (χ0n) is 16.4. The van der Waals surface area contributed by atoms with Crippen molar-refractivity contribution in [3.8, 4) is 5.75 Å². The molecule has 0 radical (unpaired) electrons. The minimum Gasteiger partial charge on any atom is -0.508 e. The molecule has 1 aromatic heterocycles. The number of phenols is 1. The molecular formula is C22H33N3O2. The Labute approximate surface area is 161 Å². The molecule has 1 saturated heterocycles. The number of carbonyl (C=O) groups is 1. The predicted octanol–water partition coefficient (Wildman–Crippen LogP) is 3.92. The Morgan fingerprint density at radius 2 is 2.00 bits per heavy atom. The Morgan fingerprint density at radius 3 is 2.74 bits per heavy atom. The number of unbranched alkanes of at least 4 members (excludes halogenated alkanes) is 3. The molecule has 1 unspecified atom stereocenters. The maximum Gasteiger partial charge on any atom is 0.146 e. The zero-order valence-corrected chi connectivity index (χ0v) is 16.4. The standard InChI is InChI=1S/C22H33N3O2/c1-16(26)21(23)6-4-2-3-5-11-25-12-9-17(10-13-25)20-15-24-22-8-7-18(27)14-19(20)22/h7-8,14-15,17,21,24,27H,2-6,9-13,23H2,1H3. The summed E-state index contributed by atoms with van der Waals surface area (Å²) in [5.41, 5.74) is 8.23. The number of benzene rings is 1. The number of aromatic amines is 1. The lowest BCUT2D eigenvalue weighted by Crippen LogP contribution is -2.33. The summed E-state index contributed by atoms with van der Waals surface area (Å²) in [6, 6.07) is 5.30. The Bertz CT molecular complexity index is 747. The van der Waals surface area contributed by atoms with Crippen molar-refractivity contribution >= 4 is 16.7 Å².